The monoisotopic (exact) mass is 496 g/mol. The van der Waals surface area contributed by atoms with Crippen LogP contribution >= 0.6 is 0 Å². The van der Waals surface area contributed by atoms with Gasteiger partial charge in [0.25, 0.3) is 11.8 Å². The Labute approximate surface area is 218 Å². The van der Waals surface area contributed by atoms with Crippen molar-refractivity contribution in [3.63, 3.8) is 0 Å². The lowest BCUT2D eigenvalue weighted by Crippen LogP contribution is -2.59. The number of hydrogen-bond donors (Lipinski definition) is 3. The first-order valence-electron chi connectivity index (χ1n) is 14.3. The molecule has 3 aromatic rings. The van der Waals surface area contributed by atoms with Gasteiger partial charge < -0.3 is 15.6 Å². The van der Waals surface area contributed by atoms with Crippen molar-refractivity contribution < 1.29 is 9.59 Å². The Morgan fingerprint density at radius 1 is 0.811 bits per heavy atom. The van der Waals surface area contributed by atoms with Gasteiger partial charge in [-0.05, 0) is 99.5 Å². The molecule has 6 heteroatoms. The summed E-state index contributed by atoms with van der Waals surface area (Å²) in [5.41, 5.74) is 3.98. The molecule has 6 nitrogen and oxygen atoms in total. The molecule has 0 radical (unpaired) electrons. The van der Waals surface area contributed by atoms with Crippen LogP contribution in [-0.4, -0.2) is 33.4 Å². The molecule has 4 bridgehead atoms. The van der Waals surface area contributed by atoms with E-state index in [1.165, 1.54) is 38.5 Å². The summed E-state index contributed by atoms with van der Waals surface area (Å²) in [5.74, 6) is 3.18. The van der Waals surface area contributed by atoms with E-state index < -0.39 is 0 Å². The van der Waals surface area contributed by atoms with Gasteiger partial charge in [0, 0.05) is 28.3 Å². The fraction of sp³-hybridized carbons (Fsp3) is 0.516. The van der Waals surface area contributed by atoms with Crippen LogP contribution in [0.4, 0.5) is 0 Å². The second-order valence-electron chi connectivity index (χ2n) is 12.4. The lowest BCUT2D eigenvalue weighted by molar-refractivity contribution is -0.0167. The van der Waals surface area contributed by atoms with Gasteiger partial charge in [-0.2, -0.15) is 0 Å². The largest absolute Gasteiger partial charge is 0.349 e. The highest BCUT2D eigenvalue weighted by atomic mass is 16.2. The van der Waals surface area contributed by atoms with Gasteiger partial charge in [0.15, 0.2) is 0 Å². The first-order valence-corrected chi connectivity index (χ1v) is 14.3. The molecule has 0 spiro atoms. The van der Waals surface area contributed by atoms with Crippen LogP contribution in [0, 0.1) is 17.8 Å². The predicted molar refractivity (Wildman–Crippen MR) is 144 cm³/mol. The van der Waals surface area contributed by atoms with Gasteiger partial charge in [-0.3, -0.25) is 9.59 Å². The van der Waals surface area contributed by atoms with Crippen LogP contribution in [0.1, 0.15) is 91.3 Å². The van der Waals surface area contributed by atoms with E-state index >= 15 is 0 Å². The second-order valence-corrected chi connectivity index (χ2v) is 12.4. The minimum Gasteiger partial charge on any atom is -0.349 e. The highest BCUT2D eigenvalue weighted by Gasteiger charge is 2.51. The molecular formula is C31H36N4O2. The highest BCUT2D eigenvalue weighted by molar-refractivity contribution is 5.98. The zero-order chi connectivity index (χ0) is 25.0. The normalized spacial score (nSPS) is 28.9. The van der Waals surface area contributed by atoms with Gasteiger partial charge in [0.2, 0.25) is 0 Å². The molecule has 5 saturated carbocycles. The van der Waals surface area contributed by atoms with Crippen LogP contribution < -0.4 is 10.6 Å². The fourth-order valence-electron chi connectivity index (χ4n) is 8.16. The van der Waals surface area contributed by atoms with E-state index in [9.17, 15) is 9.59 Å². The number of carbonyl (C=O) groups excluding carboxylic acids is 2. The molecule has 2 aromatic carbocycles. The van der Waals surface area contributed by atoms with Crippen molar-refractivity contribution in [3.05, 3.63) is 53.6 Å². The van der Waals surface area contributed by atoms with Crippen LogP contribution in [0.2, 0.25) is 0 Å². The maximum absolute atomic E-state index is 13.3. The smallest absolute Gasteiger partial charge is 0.251 e. The van der Waals surface area contributed by atoms with Crippen molar-refractivity contribution in [1.82, 2.24) is 20.6 Å². The minimum atomic E-state index is -0.00210. The molecule has 1 heterocycles. The first kappa shape index (κ1) is 23.0. The number of amides is 2. The number of nitrogens with zero attached hydrogens (tertiary/aromatic N) is 1. The third kappa shape index (κ3) is 4.45. The lowest BCUT2D eigenvalue weighted by atomic mass is 9.53. The summed E-state index contributed by atoms with van der Waals surface area (Å²) in [6.45, 7) is 0. The van der Waals surface area contributed by atoms with Crippen molar-refractivity contribution in [1.29, 1.82) is 0 Å². The molecule has 2 amide bonds. The molecule has 0 atom stereocenters. The molecular weight excluding hydrogens is 460 g/mol. The maximum atomic E-state index is 13.3. The first-order chi connectivity index (χ1) is 18.0. The SMILES string of the molecule is O=C(NC1CCCCC1)c1ccc(-c2nc3ccc(C(=O)NC45CC6CC(CC(C6)C4)C5)cc3[nH]2)cc1. The third-order valence-corrected chi connectivity index (χ3v) is 9.52. The van der Waals surface area contributed by atoms with Gasteiger partial charge in [-0.25, -0.2) is 4.98 Å². The third-order valence-electron chi connectivity index (χ3n) is 9.52. The van der Waals surface area contributed by atoms with E-state index in [0.717, 1.165) is 72.3 Å². The number of aromatic nitrogens is 2. The fourth-order valence-corrected chi connectivity index (χ4v) is 8.16. The summed E-state index contributed by atoms with van der Waals surface area (Å²) in [4.78, 5) is 34.1. The maximum Gasteiger partial charge on any atom is 0.251 e. The molecule has 8 rings (SSSR count). The molecule has 0 saturated heterocycles. The predicted octanol–water partition coefficient (Wildman–Crippen LogP) is 5.99. The number of fused-ring (bicyclic) bond motifs is 1. The standard InChI is InChI=1S/C31H36N4O2/c36-29(32-25-4-2-1-3-5-25)23-8-6-22(7-9-23)28-33-26-11-10-24(15-27(26)34-28)30(37)35-31-16-19-12-20(17-31)14-21(13-19)18-31/h6-11,15,19-21,25H,1-5,12-14,16-18H2,(H,32,36)(H,33,34)(H,35,37). The summed E-state index contributed by atoms with van der Waals surface area (Å²) >= 11 is 0. The van der Waals surface area contributed by atoms with E-state index in [4.69, 9.17) is 4.98 Å². The van der Waals surface area contributed by atoms with Gasteiger partial charge in [0.1, 0.15) is 5.82 Å². The van der Waals surface area contributed by atoms with Crippen molar-refractivity contribution in [3.8, 4) is 11.4 Å². The molecule has 5 aliphatic carbocycles. The van der Waals surface area contributed by atoms with E-state index in [1.54, 1.807) is 0 Å². The average Bonchev–Trinajstić information content (AvgIpc) is 3.32. The second kappa shape index (κ2) is 9.00. The topological polar surface area (TPSA) is 86.9 Å². The number of benzene rings is 2. The number of aromatic amines is 1. The van der Waals surface area contributed by atoms with Crippen LogP contribution in [0.25, 0.3) is 22.4 Å². The Kier molecular flexibility index (Phi) is 5.60. The Morgan fingerprint density at radius 3 is 2.14 bits per heavy atom. The zero-order valence-corrected chi connectivity index (χ0v) is 21.4. The van der Waals surface area contributed by atoms with Crippen molar-refractivity contribution in [2.24, 2.45) is 17.8 Å². The number of carbonyl (C=O) groups is 2. The van der Waals surface area contributed by atoms with Gasteiger partial charge in [-0.15, -0.1) is 0 Å². The molecule has 1 aromatic heterocycles. The quantitative estimate of drug-likeness (QED) is 0.405. The van der Waals surface area contributed by atoms with E-state index in [1.807, 2.05) is 42.5 Å². The summed E-state index contributed by atoms with van der Waals surface area (Å²) in [5, 5.41) is 6.66. The van der Waals surface area contributed by atoms with E-state index in [2.05, 4.69) is 15.6 Å². The van der Waals surface area contributed by atoms with Crippen LogP contribution in [0.3, 0.4) is 0 Å². The summed E-state index contributed by atoms with van der Waals surface area (Å²) in [6.07, 6.45) is 13.4. The summed E-state index contributed by atoms with van der Waals surface area (Å²) in [7, 11) is 0. The minimum absolute atomic E-state index is 0.00210. The number of hydrogen-bond acceptors (Lipinski definition) is 3. The van der Waals surface area contributed by atoms with E-state index in [-0.39, 0.29) is 17.4 Å². The van der Waals surface area contributed by atoms with Crippen LogP contribution in [-0.2, 0) is 0 Å². The number of H-pyrrole nitrogens is 1. The zero-order valence-electron chi connectivity index (χ0n) is 21.4. The van der Waals surface area contributed by atoms with Crippen molar-refractivity contribution >= 4 is 22.8 Å². The van der Waals surface area contributed by atoms with Gasteiger partial charge in [0.05, 0.1) is 11.0 Å². The van der Waals surface area contributed by atoms with Crippen molar-refractivity contribution in [2.45, 2.75) is 82.2 Å². The average molecular weight is 497 g/mol. The summed E-state index contributed by atoms with van der Waals surface area (Å²) < 4.78 is 0. The number of imidazole rings is 1. The molecule has 5 aliphatic rings. The number of nitrogens with one attached hydrogen (secondary N) is 3. The van der Waals surface area contributed by atoms with E-state index in [0.29, 0.717) is 17.2 Å². The Morgan fingerprint density at radius 2 is 1.46 bits per heavy atom. The van der Waals surface area contributed by atoms with Gasteiger partial charge in [-0.1, -0.05) is 31.4 Å². The molecule has 192 valence electrons. The Hall–Kier alpha value is -3.15. The van der Waals surface area contributed by atoms with Crippen LogP contribution in [0.5, 0.6) is 0 Å². The van der Waals surface area contributed by atoms with Crippen LogP contribution in [0.15, 0.2) is 42.5 Å². The highest BCUT2D eigenvalue weighted by Crippen LogP contribution is 2.55. The number of rotatable bonds is 5. The molecule has 3 N–H and O–H groups in total. The summed E-state index contributed by atoms with van der Waals surface area (Å²) in [6, 6.07) is 13.6. The Balaban J connectivity index is 1.05. The van der Waals surface area contributed by atoms with Crippen molar-refractivity contribution in [2.75, 3.05) is 0 Å². The molecule has 5 fully saturated rings. The molecule has 37 heavy (non-hydrogen) atoms. The van der Waals surface area contributed by atoms with Gasteiger partial charge >= 0.3 is 0 Å². The Bertz CT molecular complexity index is 1300. The molecule has 0 aliphatic heterocycles. The lowest BCUT2D eigenvalue weighted by Gasteiger charge is -2.56. The molecule has 0 unspecified atom stereocenters.